The lowest BCUT2D eigenvalue weighted by Gasteiger charge is -2.33. The van der Waals surface area contributed by atoms with E-state index in [1.807, 2.05) is 20.8 Å². The standard InChI is InChI=1S/C19H26Cl2N6O2/c1-19(2,3)27(18(28)29)9-5-8-23-17-25-11-15(22)16(26-17)24-10-12-13(20)6-4-7-14(12)21/h4,6-7,11H,5,8-10,22H2,1-3H3,(H,28,29)(H2,23,24,25,26). The number of aromatic nitrogens is 2. The summed E-state index contributed by atoms with van der Waals surface area (Å²) in [4.78, 5) is 21.3. The average molecular weight is 441 g/mol. The van der Waals surface area contributed by atoms with Gasteiger partial charge in [-0.25, -0.2) is 9.78 Å². The van der Waals surface area contributed by atoms with Crippen molar-refractivity contribution in [3.63, 3.8) is 0 Å². The van der Waals surface area contributed by atoms with Gasteiger partial charge in [0.15, 0.2) is 5.82 Å². The smallest absolute Gasteiger partial charge is 0.407 e. The van der Waals surface area contributed by atoms with Crippen molar-refractivity contribution in [3.05, 3.63) is 40.0 Å². The predicted molar refractivity (Wildman–Crippen MR) is 118 cm³/mol. The van der Waals surface area contributed by atoms with Gasteiger partial charge in [0.25, 0.3) is 0 Å². The lowest BCUT2D eigenvalue weighted by Crippen LogP contribution is -2.45. The van der Waals surface area contributed by atoms with Gasteiger partial charge in [-0.2, -0.15) is 4.98 Å². The van der Waals surface area contributed by atoms with E-state index in [4.69, 9.17) is 28.9 Å². The number of benzene rings is 1. The molecule has 1 amide bonds. The SMILES string of the molecule is CC(C)(C)N(CCCNc1ncc(N)c(NCc2c(Cl)cccc2Cl)n1)C(=O)O. The molecule has 0 saturated carbocycles. The first-order valence-electron chi connectivity index (χ1n) is 9.13. The van der Waals surface area contributed by atoms with Gasteiger partial charge in [0.05, 0.1) is 11.9 Å². The molecule has 5 N–H and O–H groups in total. The molecule has 1 aromatic heterocycles. The molecular formula is C19H26Cl2N6O2. The number of hydrogen-bond acceptors (Lipinski definition) is 6. The Balaban J connectivity index is 1.94. The number of nitrogens with one attached hydrogen (secondary N) is 2. The van der Waals surface area contributed by atoms with Crippen molar-refractivity contribution >= 4 is 46.7 Å². The molecule has 0 unspecified atom stereocenters. The third kappa shape index (κ3) is 6.54. The van der Waals surface area contributed by atoms with E-state index in [0.29, 0.717) is 53.6 Å². The van der Waals surface area contributed by atoms with E-state index >= 15 is 0 Å². The zero-order valence-corrected chi connectivity index (χ0v) is 18.2. The molecule has 2 aromatic rings. The average Bonchev–Trinajstić information content (AvgIpc) is 2.61. The largest absolute Gasteiger partial charge is 0.465 e. The fourth-order valence-corrected chi connectivity index (χ4v) is 3.18. The number of amides is 1. The summed E-state index contributed by atoms with van der Waals surface area (Å²) in [6.45, 7) is 6.86. The zero-order chi connectivity index (χ0) is 21.6. The maximum absolute atomic E-state index is 11.4. The molecule has 2 rings (SSSR count). The molecule has 0 aliphatic heterocycles. The number of halogens is 2. The summed E-state index contributed by atoms with van der Waals surface area (Å²) in [5, 5.41) is 16.6. The first-order valence-corrected chi connectivity index (χ1v) is 9.89. The highest BCUT2D eigenvalue weighted by molar-refractivity contribution is 6.36. The molecule has 8 nitrogen and oxygen atoms in total. The molecule has 0 bridgehead atoms. The Labute approximate surface area is 180 Å². The van der Waals surface area contributed by atoms with Crippen molar-refractivity contribution in [2.24, 2.45) is 0 Å². The van der Waals surface area contributed by atoms with Gasteiger partial charge in [0.1, 0.15) is 0 Å². The van der Waals surface area contributed by atoms with Gasteiger partial charge < -0.3 is 26.4 Å². The Hall–Kier alpha value is -2.45. The first-order chi connectivity index (χ1) is 13.6. The summed E-state index contributed by atoms with van der Waals surface area (Å²) in [6, 6.07) is 5.30. The minimum Gasteiger partial charge on any atom is -0.465 e. The van der Waals surface area contributed by atoms with Gasteiger partial charge in [-0.3, -0.25) is 0 Å². The van der Waals surface area contributed by atoms with Gasteiger partial charge in [0, 0.05) is 40.8 Å². The van der Waals surface area contributed by atoms with Crippen LogP contribution < -0.4 is 16.4 Å². The lowest BCUT2D eigenvalue weighted by atomic mass is 10.1. The van der Waals surface area contributed by atoms with Gasteiger partial charge in [-0.15, -0.1) is 0 Å². The third-order valence-corrected chi connectivity index (χ3v) is 4.90. The van der Waals surface area contributed by atoms with E-state index in [1.54, 1.807) is 18.2 Å². The second-order valence-electron chi connectivity index (χ2n) is 7.44. The van der Waals surface area contributed by atoms with E-state index in [1.165, 1.54) is 11.1 Å². The number of anilines is 3. The first kappa shape index (κ1) is 22.8. The number of rotatable bonds is 8. The second kappa shape index (κ2) is 9.84. The number of nitrogen functional groups attached to an aromatic ring is 1. The van der Waals surface area contributed by atoms with Gasteiger partial charge in [-0.1, -0.05) is 29.3 Å². The van der Waals surface area contributed by atoms with Crippen molar-refractivity contribution in [2.45, 2.75) is 39.3 Å². The van der Waals surface area contributed by atoms with E-state index in [9.17, 15) is 9.90 Å². The maximum Gasteiger partial charge on any atom is 0.407 e. The molecule has 158 valence electrons. The van der Waals surface area contributed by atoms with Crippen molar-refractivity contribution in [1.82, 2.24) is 14.9 Å². The fourth-order valence-electron chi connectivity index (χ4n) is 2.65. The number of nitrogens with zero attached hydrogens (tertiary/aromatic N) is 3. The van der Waals surface area contributed by atoms with Crippen molar-refractivity contribution < 1.29 is 9.90 Å². The third-order valence-electron chi connectivity index (χ3n) is 4.19. The molecular weight excluding hydrogens is 415 g/mol. The molecule has 1 heterocycles. The molecule has 0 spiro atoms. The molecule has 0 saturated heterocycles. The molecule has 0 fully saturated rings. The van der Waals surface area contributed by atoms with Crippen LogP contribution in [0.5, 0.6) is 0 Å². The number of nitrogens with two attached hydrogens (primary N) is 1. The summed E-state index contributed by atoms with van der Waals surface area (Å²) < 4.78 is 0. The summed E-state index contributed by atoms with van der Waals surface area (Å²) >= 11 is 12.4. The van der Waals surface area contributed by atoms with E-state index in [2.05, 4.69) is 20.6 Å². The van der Waals surface area contributed by atoms with Crippen LogP contribution in [0.15, 0.2) is 24.4 Å². The highest BCUT2D eigenvalue weighted by Crippen LogP contribution is 2.26. The Morgan fingerprint density at radius 3 is 2.48 bits per heavy atom. The second-order valence-corrected chi connectivity index (χ2v) is 8.25. The molecule has 0 aliphatic rings. The highest BCUT2D eigenvalue weighted by atomic mass is 35.5. The van der Waals surface area contributed by atoms with Crippen molar-refractivity contribution in [2.75, 3.05) is 29.5 Å². The fraction of sp³-hybridized carbons (Fsp3) is 0.421. The molecule has 0 atom stereocenters. The van der Waals surface area contributed by atoms with Crippen LogP contribution in [0.2, 0.25) is 10.0 Å². The van der Waals surface area contributed by atoms with Gasteiger partial charge in [-0.05, 0) is 39.3 Å². The Bertz CT molecular complexity index is 837. The Morgan fingerprint density at radius 1 is 1.24 bits per heavy atom. The van der Waals surface area contributed by atoms with Crippen LogP contribution in [0.4, 0.5) is 22.2 Å². The van der Waals surface area contributed by atoms with Crippen molar-refractivity contribution in [3.8, 4) is 0 Å². The van der Waals surface area contributed by atoms with E-state index < -0.39 is 11.6 Å². The zero-order valence-electron chi connectivity index (χ0n) is 16.7. The minimum absolute atomic E-state index is 0.359. The van der Waals surface area contributed by atoms with Crippen LogP contribution in [0.1, 0.15) is 32.8 Å². The number of hydrogen-bond donors (Lipinski definition) is 4. The number of carboxylic acid groups (broad SMARTS) is 1. The molecule has 0 aliphatic carbocycles. The van der Waals surface area contributed by atoms with Crippen LogP contribution in [0.25, 0.3) is 0 Å². The maximum atomic E-state index is 11.4. The molecule has 10 heteroatoms. The van der Waals surface area contributed by atoms with Crippen LogP contribution in [-0.2, 0) is 6.54 Å². The van der Waals surface area contributed by atoms with Crippen LogP contribution in [-0.4, -0.2) is 44.7 Å². The molecule has 0 radical (unpaired) electrons. The normalized spacial score (nSPS) is 11.2. The van der Waals surface area contributed by atoms with Gasteiger partial charge in [0.2, 0.25) is 5.95 Å². The van der Waals surface area contributed by atoms with Crippen LogP contribution >= 0.6 is 23.2 Å². The Kier molecular flexibility index (Phi) is 7.75. The van der Waals surface area contributed by atoms with E-state index in [0.717, 1.165) is 5.56 Å². The summed E-state index contributed by atoms with van der Waals surface area (Å²) in [7, 11) is 0. The van der Waals surface area contributed by atoms with Crippen molar-refractivity contribution in [1.29, 1.82) is 0 Å². The highest BCUT2D eigenvalue weighted by Gasteiger charge is 2.25. The molecule has 1 aromatic carbocycles. The lowest BCUT2D eigenvalue weighted by molar-refractivity contribution is 0.100. The predicted octanol–water partition coefficient (Wildman–Crippen LogP) is 4.56. The summed E-state index contributed by atoms with van der Waals surface area (Å²) in [5.74, 6) is 0.852. The topological polar surface area (TPSA) is 116 Å². The summed E-state index contributed by atoms with van der Waals surface area (Å²) in [6.07, 6.45) is 1.17. The van der Waals surface area contributed by atoms with Crippen LogP contribution in [0, 0.1) is 0 Å². The quantitative estimate of drug-likeness (QED) is 0.444. The minimum atomic E-state index is -0.939. The van der Waals surface area contributed by atoms with Crippen LogP contribution in [0.3, 0.4) is 0 Å². The number of carbonyl (C=O) groups is 1. The summed E-state index contributed by atoms with van der Waals surface area (Å²) in [5.41, 5.74) is 6.64. The monoisotopic (exact) mass is 440 g/mol. The van der Waals surface area contributed by atoms with E-state index in [-0.39, 0.29) is 0 Å². The Morgan fingerprint density at radius 2 is 1.90 bits per heavy atom. The molecule has 29 heavy (non-hydrogen) atoms. The van der Waals surface area contributed by atoms with Gasteiger partial charge >= 0.3 is 6.09 Å².